The molecule has 0 radical (unpaired) electrons. The number of ether oxygens (including phenoxy) is 3. The van der Waals surface area contributed by atoms with Crippen LogP contribution < -0.4 is 14.2 Å². The van der Waals surface area contributed by atoms with Gasteiger partial charge >= 0.3 is 0 Å². The maximum Gasteiger partial charge on any atom is 0.203 e. The van der Waals surface area contributed by atoms with Crippen LogP contribution in [0.1, 0.15) is 24.0 Å². The molecule has 0 aromatic heterocycles. The predicted molar refractivity (Wildman–Crippen MR) is 86.7 cm³/mol. The molecule has 0 heterocycles. The minimum Gasteiger partial charge on any atom is -0.508 e. The van der Waals surface area contributed by atoms with E-state index >= 15 is 0 Å². The van der Waals surface area contributed by atoms with Crippen molar-refractivity contribution in [2.45, 2.75) is 12.8 Å². The number of benzene rings is 2. The quantitative estimate of drug-likeness (QED) is 0.887. The molecule has 0 saturated carbocycles. The van der Waals surface area contributed by atoms with Crippen LogP contribution in [0.5, 0.6) is 23.0 Å². The largest absolute Gasteiger partial charge is 0.508 e. The normalized spacial score (nSPS) is 11.7. The molecule has 5 heteroatoms. The molecule has 0 amide bonds. The van der Waals surface area contributed by atoms with E-state index in [1.54, 1.807) is 36.4 Å². The van der Waals surface area contributed by atoms with Gasteiger partial charge in [-0.05, 0) is 42.3 Å². The zero-order chi connectivity index (χ0) is 17.0. The molecule has 0 fully saturated rings. The molecule has 2 aromatic rings. The van der Waals surface area contributed by atoms with Crippen molar-refractivity contribution in [3.05, 3.63) is 47.5 Å². The lowest BCUT2D eigenvalue weighted by atomic mass is 9.87. The molecule has 0 spiro atoms. The summed E-state index contributed by atoms with van der Waals surface area (Å²) in [5, 5.41) is 9.69. The van der Waals surface area contributed by atoms with Gasteiger partial charge in [0, 0.05) is 0 Å². The van der Waals surface area contributed by atoms with Crippen LogP contribution in [0.3, 0.4) is 0 Å². The summed E-state index contributed by atoms with van der Waals surface area (Å²) in [5.74, 6) is 0.959. The average Bonchev–Trinajstić information content (AvgIpc) is 2.53. The molecular formula is C18H20O5. The number of ketones is 1. The van der Waals surface area contributed by atoms with Crippen LogP contribution in [-0.4, -0.2) is 32.2 Å². The number of rotatable bonds is 6. The van der Waals surface area contributed by atoms with Gasteiger partial charge in [0.15, 0.2) is 11.5 Å². The Bertz CT molecular complexity index is 683. The highest BCUT2D eigenvalue weighted by Gasteiger charge is 2.23. The van der Waals surface area contributed by atoms with E-state index in [0.29, 0.717) is 28.4 Å². The molecular weight excluding hydrogens is 296 g/mol. The lowest BCUT2D eigenvalue weighted by Crippen LogP contribution is -2.11. The number of hydrogen-bond acceptors (Lipinski definition) is 5. The molecule has 0 saturated heterocycles. The minimum atomic E-state index is -0.532. The van der Waals surface area contributed by atoms with Gasteiger partial charge in [-0.15, -0.1) is 0 Å². The molecule has 2 aromatic carbocycles. The number of carbonyl (C=O) groups is 1. The molecule has 0 bridgehead atoms. The van der Waals surface area contributed by atoms with Crippen molar-refractivity contribution in [2.75, 3.05) is 21.3 Å². The van der Waals surface area contributed by atoms with Gasteiger partial charge in [0.1, 0.15) is 11.5 Å². The lowest BCUT2D eigenvalue weighted by molar-refractivity contribution is -0.117. The molecule has 0 aliphatic carbocycles. The van der Waals surface area contributed by atoms with E-state index in [4.69, 9.17) is 14.2 Å². The second-order valence-electron chi connectivity index (χ2n) is 5.10. The zero-order valence-electron chi connectivity index (χ0n) is 13.6. The number of phenolic OH excluding ortho intramolecular Hbond substituents is 1. The maximum atomic E-state index is 12.2. The Morgan fingerprint density at radius 1 is 0.957 bits per heavy atom. The van der Waals surface area contributed by atoms with Crippen LogP contribution in [0.2, 0.25) is 0 Å². The molecule has 2 rings (SSSR count). The summed E-state index contributed by atoms with van der Waals surface area (Å²) in [5.41, 5.74) is 1.41. The topological polar surface area (TPSA) is 65.0 Å². The first kappa shape index (κ1) is 16.7. The second-order valence-corrected chi connectivity index (χ2v) is 5.10. The van der Waals surface area contributed by atoms with Gasteiger partial charge in [0.05, 0.1) is 27.2 Å². The molecule has 0 aliphatic heterocycles. The third-order valence-electron chi connectivity index (χ3n) is 3.63. The van der Waals surface area contributed by atoms with Crippen LogP contribution in [-0.2, 0) is 4.79 Å². The highest BCUT2D eigenvalue weighted by molar-refractivity contribution is 5.87. The van der Waals surface area contributed by atoms with E-state index < -0.39 is 5.92 Å². The molecule has 5 nitrogen and oxygen atoms in total. The summed E-state index contributed by atoms with van der Waals surface area (Å²) in [6, 6.07) is 10.1. The SMILES string of the molecule is COc1cc(C(C(C)=O)c2cccc(O)c2)cc(OC)c1OC. The Hall–Kier alpha value is -2.69. The first-order valence-corrected chi connectivity index (χ1v) is 7.11. The lowest BCUT2D eigenvalue weighted by Gasteiger charge is -2.19. The van der Waals surface area contributed by atoms with E-state index in [1.165, 1.54) is 28.3 Å². The predicted octanol–water partition coefficient (Wildman–Crippen LogP) is 3.14. The molecule has 1 atom stereocenters. The molecule has 1 unspecified atom stereocenters. The third kappa shape index (κ3) is 3.39. The first-order valence-electron chi connectivity index (χ1n) is 7.11. The second kappa shape index (κ2) is 7.05. The van der Waals surface area contributed by atoms with Crippen LogP contribution in [0.15, 0.2) is 36.4 Å². The number of carbonyl (C=O) groups excluding carboxylic acids is 1. The summed E-state index contributed by atoms with van der Waals surface area (Å²) < 4.78 is 16.0. The summed E-state index contributed by atoms with van der Waals surface area (Å²) in [6.07, 6.45) is 0. The van der Waals surface area contributed by atoms with Crippen molar-refractivity contribution in [2.24, 2.45) is 0 Å². The number of methoxy groups -OCH3 is 3. The van der Waals surface area contributed by atoms with Gasteiger partial charge < -0.3 is 19.3 Å². The highest BCUT2D eigenvalue weighted by atomic mass is 16.5. The van der Waals surface area contributed by atoms with Crippen LogP contribution >= 0.6 is 0 Å². The van der Waals surface area contributed by atoms with Gasteiger partial charge in [0.2, 0.25) is 5.75 Å². The van der Waals surface area contributed by atoms with Crippen molar-refractivity contribution in [3.63, 3.8) is 0 Å². The summed E-state index contributed by atoms with van der Waals surface area (Å²) in [6.45, 7) is 1.51. The van der Waals surface area contributed by atoms with Crippen molar-refractivity contribution in [1.82, 2.24) is 0 Å². The van der Waals surface area contributed by atoms with Crippen LogP contribution in [0.25, 0.3) is 0 Å². The minimum absolute atomic E-state index is 0.0510. The number of Topliss-reactive ketones (excluding diaryl/α,β-unsaturated/α-hetero) is 1. The fourth-order valence-electron chi connectivity index (χ4n) is 2.63. The van der Waals surface area contributed by atoms with Gasteiger partial charge in [-0.2, -0.15) is 0 Å². The fraction of sp³-hybridized carbons (Fsp3) is 0.278. The monoisotopic (exact) mass is 316 g/mol. The van der Waals surface area contributed by atoms with Gasteiger partial charge in [0.25, 0.3) is 0 Å². The maximum absolute atomic E-state index is 12.2. The Labute approximate surface area is 135 Å². The fourth-order valence-corrected chi connectivity index (χ4v) is 2.63. The average molecular weight is 316 g/mol. The molecule has 122 valence electrons. The number of phenols is 1. The Morgan fingerprint density at radius 3 is 2.00 bits per heavy atom. The number of aromatic hydroxyl groups is 1. The number of hydrogen-bond donors (Lipinski definition) is 1. The highest BCUT2D eigenvalue weighted by Crippen LogP contribution is 2.41. The molecule has 1 N–H and O–H groups in total. The first-order chi connectivity index (χ1) is 11.0. The Balaban J connectivity index is 2.62. The van der Waals surface area contributed by atoms with Crippen LogP contribution in [0, 0.1) is 0 Å². The van der Waals surface area contributed by atoms with Gasteiger partial charge in [-0.3, -0.25) is 4.79 Å². The Morgan fingerprint density at radius 2 is 1.57 bits per heavy atom. The van der Waals surface area contributed by atoms with Crippen molar-refractivity contribution in [1.29, 1.82) is 0 Å². The van der Waals surface area contributed by atoms with Crippen molar-refractivity contribution in [3.8, 4) is 23.0 Å². The molecule has 0 aliphatic rings. The van der Waals surface area contributed by atoms with E-state index in [0.717, 1.165) is 0 Å². The van der Waals surface area contributed by atoms with Crippen molar-refractivity contribution < 1.29 is 24.1 Å². The van der Waals surface area contributed by atoms with Crippen LogP contribution in [0.4, 0.5) is 0 Å². The van der Waals surface area contributed by atoms with Crippen molar-refractivity contribution >= 4 is 5.78 Å². The summed E-state index contributed by atoms with van der Waals surface area (Å²) in [4.78, 5) is 12.2. The summed E-state index contributed by atoms with van der Waals surface area (Å²) in [7, 11) is 4.58. The smallest absolute Gasteiger partial charge is 0.203 e. The Kier molecular flexibility index (Phi) is 5.11. The van der Waals surface area contributed by atoms with E-state index in [9.17, 15) is 9.90 Å². The third-order valence-corrected chi connectivity index (χ3v) is 3.63. The van der Waals surface area contributed by atoms with E-state index in [2.05, 4.69) is 0 Å². The standard InChI is InChI=1S/C18H20O5/c1-11(19)17(12-6-5-7-14(20)8-12)13-9-15(21-2)18(23-4)16(10-13)22-3/h5-10,17,20H,1-4H3. The van der Waals surface area contributed by atoms with Gasteiger partial charge in [-0.25, -0.2) is 0 Å². The van der Waals surface area contributed by atoms with E-state index in [1.807, 2.05) is 0 Å². The van der Waals surface area contributed by atoms with Gasteiger partial charge in [-0.1, -0.05) is 12.1 Å². The van der Waals surface area contributed by atoms with E-state index in [-0.39, 0.29) is 11.5 Å². The summed E-state index contributed by atoms with van der Waals surface area (Å²) >= 11 is 0. The molecule has 23 heavy (non-hydrogen) atoms. The zero-order valence-corrected chi connectivity index (χ0v) is 13.6.